The topological polar surface area (TPSA) is 44.2 Å². The Balaban J connectivity index is 1.74. The van der Waals surface area contributed by atoms with Crippen molar-refractivity contribution in [3.05, 3.63) is 58.7 Å². The molecule has 0 fully saturated rings. The number of methoxy groups -OCH3 is 1. The van der Waals surface area contributed by atoms with Crippen molar-refractivity contribution in [1.29, 1.82) is 0 Å². The Morgan fingerprint density at radius 2 is 1.86 bits per heavy atom. The van der Waals surface area contributed by atoms with Crippen molar-refractivity contribution in [2.75, 3.05) is 7.11 Å². The molecule has 2 aromatic heterocycles. The van der Waals surface area contributed by atoms with Crippen LogP contribution in [0.1, 0.15) is 5.56 Å². The van der Waals surface area contributed by atoms with Gasteiger partial charge in [-0.15, -0.1) is 0 Å². The van der Waals surface area contributed by atoms with Crippen LogP contribution in [0, 0.1) is 0 Å². The highest BCUT2D eigenvalue weighted by molar-refractivity contribution is 9.10. The van der Waals surface area contributed by atoms with Crippen LogP contribution in [0.25, 0.3) is 11.0 Å². The van der Waals surface area contributed by atoms with Crippen LogP contribution in [0.2, 0.25) is 0 Å². The van der Waals surface area contributed by atoms with E-state index in [-0.39, 0.29) is 0 Å². The first-order chi connectivity index (χ1) is 10.2. The minimum absolute atomic E-state index is 0.462. The molecule has 0 N–H and O–H groups in total. The zero-order valence-electron chi connectivity index (χ0n) is 11.4. The summed E-state index contributed by atoms with van der Waals surface area (Å²) in [6.07, 6.45) is 1.75. The summed E-state index contributed by atoms with van der Waals surface area (Å²) < 4.78 is 11.7. The first-order valence-corrected chi connectivity index (χ1v) is 7.22. The summed E-state index contributed by atoms with van der Waals surface area (Å²) in [5, 5.41) is 0. The Labute approximate surface area is 130 Å². The van der Waals surface area contributed by atoms with Crippen molar-refractivity contribution in [2.24, 2.45) is 0 Å². The van der Waals surface area contributed by atoms with Gasteiger partial charge in [0, 0.05) is 16.7 Å². The number of nitrogens with zero attached hydrogens (tertiary/aromatic N) is 2. The molecule has 0 saturated heterocycles. The molecule has 0 bridgehead atoms. The van der Waals surface area contributed by atoms with E-state index in [1.165, 1.54) is 0 Å². The van der Waals surface area contributed by atoms with Gasteiger partial charge in [0.15, 0.2) is 0 Å². The maximum atomic E-state index is 5.72. The molecular formula is C16H13BrN2O2. The van der Waals surface area contributed by atoms with E-state index < -0.39 is 0 Å². The predicted molar refractivity (Wildman–Crippen MR) is 84.6 cm³/mol. The van der Waals surface area contributed by atoms with E-state index in [2.05, 4.69) is 25.9 Å². The third-order valence-electron chi connectivity index (χ3n) is 3.02. The van der Waals surface area contributed by atoms with Crippen LogP contribution in [-0.4, -0.2) is 17.1 Å². The molecule has 0 atom stereocenters. The first-order valence-electron chi connectivity index (χ1n) is 6.42. The second-order valence-corrected chi connectivity index (χ2v) is 5.39. The highest BCUT2D eigenvalue weighted by Gasteiger charge is 2.02. The molecule has 0 unspecified atom stereocenters. The lowest BCUT2D eigenvalue weighted by Gasteiger charge is -2.07. The number of fused-ring (bicyclic) bond motifs is 1. The zero-order valence-corrected chi connectivity index (χ0v) is 13.0. The number of rotatable bonds is 4. The number of hydrogen-bond acceptors (Lipinski definition) is 4. The lowest BCUT2D eigenvalue weighted by Crippen LogP contribution is -1.97. The van der Waals surface area contributed by atoms with Crippen LogP contribution in [0.15, 0.2) is 53.1 Å². The highest BCUT2D eigenvalue weighted by atomic mass is 79.9. The van der Waals surface area contributed by atoms with Gasteiger partial charge in [0.2, 0.25) is 5.88 Å². The van der Waals surface area contributed by atoms with Crippen LogP contribution in [0.3, 0.4) is 0 Å². The minimum atomic E-state index is 0.462. The number of aromatic nitrogens is 2. The van der Waals surface area contributed by atoms with E-state index in [1.54, 1.807) is 13.3 Å². The molecule has 3 rings (SSSR count). The number of halogens is 1. The molecular weight excluding hydrogens is 332 g/mol. The molecule has 0 aliphatic carbocycles. The molecule has 0 spiro atoms. The number of hydrogen-bond donors (Lipinski definition) is 0. The van der Waals surface area contributed by atoms with Crippen molar-refractivity contribution >= 4 is 27.0 Å². The monoisotopic (exact) mass is 344 g/mol. The van der Waals surface area contributed by atoms with Gasteiger partial charge < -0.3 is 9.47 Å². The zero-order chi connectivity index (χ0) is 14.7. The van der Waals surface area contributed by atoms with Gasteiger partial charge in [0.05, 0.1) is 18.1 Å². The van der Waals surface area contributed by atoms with Gasteiger partial charge in [-0.05, 0) is 45.8 Å². The number of ether oxygens (including phenoxy) is 2. The van der Waals surface area contributed by atoms with Crippen molar-refractivity contribution in [2.45, 2.75) is 6.61 Å². The Bertz CT molecular complexity index is 760. The Hall–Kier alpha value is -2.14. The fraction of sp³-hybridized carbons (Fsp3) is 0.125. The lowest BCUT2D eigenvalue weighted by molar-refractivity contribution is 0.295. The molecule has 5 heteroatoms. The van der Waals surface area contributed by atoms with Crippen LogP contribution in [0.4, 0.5) is 0 Å². The van der Waals surface area contributed by atoms with Crippen molar-refractivity contribution in [1.82, 2.24) is 9.97 Å². The minimum Gasteiger partial charge on any atom is -0.497 e. The van der Waals surface area contributed by atoms with Crippen LogP contribution in [0.5, 0.6) is 11.6 Å². The van der Waals surface area contributed by atoms with Crippen molar-refractivity contribution < 1.29 is 9.47 Å². The van der Waals surface area contributed by atoms with Crippen LogP contribution in [-0.2, 0) is 6.61 Å². The van der Waals surface area contributed by atoms with Gasteiger partial charge in [-0.1, -0.05) is 12.1 Å². The molecule has 4 nitrogen and oxygen atoms in total. The van der Waals surface area contributed by atoms with Gasteiger partial charge in [-0.2, -0.15) is 0 Å². The van der Waals surface area contributed by atoms with E-state index in [0.29, 0.717) is 12.5 Å². The SMILES string of the molecule is COc1ccc(COc2ccc3ncc(Br)cc3n2)cc1. The summed E-state index contributed by atoms with van der Waals surface area (Å²) >= 11 is 3.39. The standard InChI is InChI=1S/C16H13BrN2O2/c1-20-13-4-2-11(3-5-13)10-21-16-7-6-14-15(19-16)8-12(17)9-18-14/h2-9H,10H2,1H3. The molecule has 3 aromatic rings. The Kier molecular flexibility index (Phi) is 4.01. The predicted octanol–water partition coefficient (Wildman–Crippen LogP) is 3.98. The summed E-state index contributed by atoms with van der Waals surface area (Å²) in [4.78, 5) is 8.73. The molecule has 21 heavy (non-hydrogen) atoms. The Morgan fingerprint density at radius 3 is 2.62 bits per heavy atom. The highest BCUT2D eigenvalue weighted by Crippen LogP contribution is 2.19. The van der Waals surface area contributed by atoms with E-state index >= 15 is 0 Å². The average Bonchev–Trinajstić information content (AvgIpc) is 2.53. The van der Waals surface area contributed by atoms with Gasteiger partial charge in [-0.3, -0.25) is 4.98 Å². The maximum Gasteiger partial charge on any atom is 0.214 e. The van der Waals surface area contributed by atoms with Crippen molar-refractivity contribution in [3.63, 3.8) is 0 Å². The molecule has 0 amide bonds. The maximum absolute atomic E-state index is 5.72. The molecule has 106 valence electrons. The summed E-state index contributed by atoms with van der Waals surface area (Å²) in [5.41, 5.74) is 2.71. The first kappa shape index (κ1) is 13.8. The van der Waals surface area contributed by atoms with Gasteiger partial charge in [0.25, 0.3) is 0 Å². The third kappa shape index (κ3) is 3.31. The van der Waals surface area contributed by atoms with E-state index in [0.717, 1.165) is 26.8 Å². The fourth-order valence-electron chi connectivity index (χ4n) is 1.92. The number of pyridine rings is 2. The molecule has 0 radical (unpaired) electrons. The van der Waals surface area contributed by atoms with Crippen molar-refractivity contribution in [3.8, 4) is 11.6 Å². The molecule has 0 aliphatic rings. The second-order valence-electron chi connectivity index (χ2n) is 4.48. The average molecular weight is 345 g/mol. The van der Waals surface area contributed by atoms with E-state index in [9.17, 15) is 0 Å². The lowest BCUT2D eigenvalue weighted by atomic mass is 10.2. The molecule has 0 saturated carbocycles. The van der Waals surface area contributed by atoms with Crippen LogP contribution >= 0.6 is 15.9 Å². The molecule has 2 heterocycles. The van der Waals surface area contributed by atoms with E-state index in [1.807, 2.05) is 42.5 Å². The van der Waals surface area contributed by atoms with E-state index in [4.69, 9.17) is 9.47 Å². The van der Waals surface area contributed by atoms with Gasteiger partial charge in [-0.25, -0.2) is 4.98 Å². The third-order valence-corrected chi connectivity index (χ3v) is 3.46. The summed E-state index contributed by atoms with van der Waals surface area (Å²) in [5.74, 6) is 1.41. The molecule has 1 aromatic carbocycles. The summed E-state index contributed by atoms with van der Waals surface area (Å²) in [7, 11) is 1.65. The normalized spacial score (nSPS) is 10.6. The quantitative estimate of drug-likeness (QED) is 0.718. The molecule has 0 aliphatic heterocycles. The van der Waals surface area contributed by atoms with Gasteiger partial charge >= 0.3 is 0 Å². The summed E-state index contributed by atoms with van der Waals surface area (Å²) in [6.45, 7) is 0.462. The van der Waals surface area contributed by atoms with Crippen LogP contribution < -0.4 is 9.47 Å². The number of benzene rings is 1. The van der Waals surface area contributed by atoms with Gasteiger partial charge in [0.1, 0.15) is 12.4 Å². The largest absolute Gasteiger partial charge is 0.497 e. The smallest absolute Gasteiger partial charge is 0.214 e. The fourth-order valence-corrected chi connectivity index (χ4v) is 2.24. The Morgan fingerprint density at radius 1 is 1.05 bits per heavy atom. The summed E-state index contributed by atoms with van der Waals surface area (Å²) in [6, 6.07) is 13.4. The second kappa shape index (κ2) is 6.10.